The Hall–Kier alpha value is -0.630. The van der Waals surface area contributed by atoms with Crippen molar-refractivity contribution in [1.82, 2.24) is 0 Å². The summed E-state index contributed by atoms with van der Waals surface area (Å²) in [5, 5.41) is 0. The summed E-state index contributed by atoms with van der Waals surface area (Å²) in [6.45, 7) is 0. The smallest absolute Gasteiger partial charge is 0.0119 e. The maximum absolute atomic E-state index is 5.61. The Kier molecular flexibility index (Phi) is 2.63. The fourth-order valence-electron chi connectivity index (χ4n) is 0.760. The van der Waals surface area contributed by atoms with E-state index in [1.54, 1.807) is 11.8 Å². The van der Waals surface area contributed by atoms with Gasteiger partial charge in [0.1, 0.15) is 0 Å². The van der Waals surface area contributed by atoms with Gasteiger partial charge in [0.2, 0.25) is 0 Å². The Labute approximate surface area is 65.7 Å². The molecule has 0 unspecified atom stereocenters. The van der Waals surface area contributed by atoms with Crippen molar-refractivity contribution >= 4 is 11.8 Å². The first-order valence-electron chi connectivity index (χ1n) is 3.20. The standard InChI is InChI=1S/C8H11NS/c1-10-8-4-2-3-7(9)5-6-8/h2,4-6H,3,9H2,1H3. The number of thioether (sulfide) groups is 1. The maximum Gasteiger partial charge on any atom is 0.0119 e. The Morgan fingerprint density at radius 3 is 3.00 bits per heavy atom. The van der Waals surface area contributed by atoms with Crippen molar-refractivity contribution in [2.75, 3.05) is 6.26 Å². The summed E-state index contributed by atoms with van der Waals surface area (Å²) in [5.41, 5.74) is 6.54. The SMILES string of the molecule is CSC1=CC=C(N)CC=C1. The Morgan fingerprint density at radius 1 is 1.50 bits per heavy atom. The molecule has 1 rings (SSSR count). The second kappa shape index (κ2) is 3.52. The third-order valence-electron chi connectivity index (χ3n) is 1.33. The van der Waals surface area contributed by atoms with Crippen LogP contribution in [-0.4, -0.2) is 6.26 Å². The molecule has 2 heteroatoms. The molecule has 1 nitrogen and oxygen atoms in total. The van der Waals surface area contributed by atoms with E-state index in [-0.39, 0.29) is 0 Å². The third-order valence-corrected chi connectivity index (χ3v) is 2.08. The van der Waals surface area contributed by atoms with Crippen molar-refractivity contribution < 1.29 is 0 Å². The minimum Gasteiger partial charge on any atom is -0.402 e. The van der Waals surface area contributed by atoms with Crippen LogP contribution in [0.5, 0.6) is 0 Å². The van der Waals surface area contributed by atoms with Gasteiger partial charge in [0.05, 0.1) is 0 Å². The largest absolute Gasteiger partial charge is 0.402 e. The van der Waals surface area contributed by atoms with E-state index < -0.39 is 0 Å². The molecule has 0 fully saturated rings. The predicted octanol–water partition coefficient (Wildman–Crippen LogP) is 2.04. The van der Waals surface area contributed by atoms with Gasteiger partial charge in [-0.15, -0.1) is 11.8 Å². The van der Waals surface area contributed by atoms with E-state index in [4.69, 9.17) is 5.73 Å². The van der Waals surface area contributed by atoms with E-state index in [2.05, 4.69) is 18.4 Å². The normalized spacial score (nSPS) is 17.7. The average molecular weight is 153 g/mol. The van der Waals surface area contributed by atoms with Crippen molar-refractivity contribution in [3.63, 3.8) is 0 Å². The van der Waals surface area contributed by atoms with Gasteiger partial charge in [-0.25, -0.2) is 0 Å². The summed E-state index contributed by atoms with van der Waals surface area (Å²) in [4.78, 5) is 1.26. The minimum absolute atomic E-state index is 0.876. The van der Waals surface area contributed by atoms with Crippen LogP contribution < -0.4 is 5.73 Å². The number of nitrogens with two attached hydrogens (primary N) is 1. The van der Waals surface area contributed by atoms with Crippen LogP contribution in [0.1, 0.15) is 6.42 Å². The second-order valence-corrected chi connectivity index (χ2v) is 3.00. The molecule has 1 aliphatic rings. The lowest BCUT2D eigenvalue weighted by Crippen LogP contribution is -1.92. The molecular weight excluding hydrogens is 142 g/mol. The molecule has 0 bridgehead atoms. The van der Waals surface area contributed by atoms with Crippen molar-refractivity contribution in [2.24, 2.45) is 5.73 Å². The highest BCUT2D eigenvalue weighted by Gasteiger charge is 1.92. The van der Waals surface area contributed by atoms with Crippen LogP contribution in [0.25, 0.3) is 0 Å². The first-order chi connectivity index (χ1) is 4.83. The molecule has 0 aromatic rings. The van der Waals surface area contributed by atoms with Gasteiger partial charge in [0.25, 0.3) is 0 Å². The summed E-state index contributed by atoms with van der Waals surface area (Å²) >= 11 is 1.74. The van der Waals surface area contributed by atoms with Gasteiger partial charge in [0.15, 0.2) is 0 Å². The van der Waals surface area contributed by atoms with Crippen molar-refractivity contribution in [1.29, 1.82) is 0 Å². The molecule has 1 aliphatic carbocycles. The first-order valence-corrected chi connectivity index (χ1v) is 4.42. The zero-order chi connectivity index (χ0) is 7.40. The minimum atomic E-state index is 0.876. The summed E-state index contributed by atoms with van der Waals surface area (Å²) < 4.78 is 0. The lowest BCUT2D eigenvalue weighted by Gasteiger charge is -1.89. The molecule has 0 aromatic heterocycles. The highest BCUT2D eigenvalue weighted by atomic mass is 32.2. The fourth-order valence-corrected chi connectivity index (χ4v) is 1.20. The number of allylic oxidation sites excluding steroid dienone is 4. The molecule has 0 radical (unpaired) electrons. The molecule has 10 heavy (non-hydrogen) atoms. The van der Waals surface area contributed by atoms with Gasteiger partial charge in [-0.2, -0.15) is 0 Å². The molecule has 54 valence electrons. The van der Waals surface area contributed by atoms with E-state index in [0.717, 1.165) is 12.1 Å². The monoisotopic (exact) mass is 153 g/mol. The van der Waals surface area contributed by atoms with Gasteiger partial charge < -0.3 is 5.73 Å². The summed E-state index contributed by atoms with van der Waals surface area (Å²) in [7, 11) is 0. The van der Waals surface area contributed by atoms with Gasteiger partial charge >= 0.3 is 0 Å². The van der Waals surface area contributed by atoms with E-state index in [1.807, 2.05) is 12.2 Å². The van der Waals surface area contributed by atoms with Crippen LogP contribution in [0.2, 0.25) is 0 Å². The van der Waals surface area contributed by atoms with E-state index in [1.165, 1.54) is 4.91 Å². The van der Waals surface area contributed by atoms with Crippen LogP contribution in [0.3, 0.4) is 0 Å². The van der Waals surface area contributed by atoms with Gasteiger partial charge in [-0.3, -0.25) is 0 Å². The molecule has 0 aromatic carbocycles. The zero-order valence-corrected chi connectivity index (χ0v) is 6.82. The summed E-state index contributed by atoms with van der Waals surface area (Å²) in [6, 6.07) is 0. The van der Waals surface area contributed by atoms with Crippen molar-refractivity contribution in [3.8, 4) is 0 Å². The van der Waals surface area contributed by atoms with E-state index >= 15 is 0 Å². The molecule has 0 saturated carbocycles. The summed E-state index contributed by atoms with van der Waals surface area (Å²) in [5.74, 6) is 0. The van der Waals surface area contributed by atoms with Crippen molar-refractivity contribution in [3.05, 3.63) is 34.9 Å². The molecule has 2 N–H and O–H groups in total. The molecule has 0 spiro atoms. The predicted molar refractivity (Wildman–Crippen MR) is 47.6 cm³/mol. The molecular formula is C8H11NS. The molecule has 0 amide bonds. The van der Waals surface area contributed by atoms with E-state index in [0.29, 0.717) is 0 Å². The topological polar surface area (TPSA) is 26.0 Å². The zero-order valence-electron chi connectivity index (χ0n) is 6.00. The summed E-state index contributed by atoms with van der Waals surface area (Å²) in [6.07, 6.45) is 11.1. The lowest BCUT2D eigenvalue weighted by atomic mass is 10.3. The average Bonchev–Trinajstić information content (AvgIpc) is 2.14. The Bertz CT molecular complexity index is 201. The Morgan fingerprint density at radius 2 is 2.30 bits per heavy atom. The highest BCUT2D eigenvalue weighted by Crippen LogP contribution is 2.16. The Balaban J connectivity index is 2.75. The van der Waals surface area contributed by atoms with Crippen LogP contribution >= 0.6 is 11.8 Å². The lowest BCUT2D eigenvalue weighted by molar-refractivity contribution is 1.17. The van der Waals surface area contributed by atoms with E-state index in [9.17, 15) is 0 Å². The molecule has 0 atom stereocenters. The van der Waals surface area contributed by atoms with Gasteiger partial charge in [-0.05, 0) is 18.4 Å². The highest BCUT2D eigenvalue weighted by molar-refractivity contribution is 8.02. The first kappa shape index (κ1) is 7.48. The van der Waals surface area contributed by atoms with Gasteiger partial charge in [-0.1, -0.05) is 12.2 Å². The maximum atomic E-state index is 5.61. The molecule has 0 saturated heterocycles. The van der Waals surface area contributed by atoms with Crippen LogP contribution in [0, 0.1) is 0 Å². The number of hydrogen-bond donors (Lipinski definition) is 1. The number of rotatable bonds is 1. The van der Waals surface area contributed by atoms with Crippen LogP contribution in [-0.2, 0) is 0 Å². The number of hydrogen-bond acceptors (Lipinski definition) is 2. The van der Waals surface area contributed by atoms with Gasteiger partial charge in [0, 0.05) is 17.0 Å². The third kappa shape index (κ3) is 1.95. The van der Waals surface area contributed by atoms with Crippen molar-refractivity contribution in [2.45, 2.75) is 6.42 Å². The molecule has 0 aliphatic heterocycles. The second-order valence-electron chi connectivity index (χ2n) is 2.12. The van der Waals surface area contributed by atoms with Crippen LogP contribution in [0.15, 0.2) is 34.9 Å². The fraction of sp³-hybridized carbons (Fsp3) is 0.250. The molecule has 0 heterocycles. The van der Waals surface area contributed by atoms with Crippen LogP contribution in [0.4, 0.5) is 0 Å². The quantitative estimate of drug-likeness (QED) is 0.624.